The van der Waals surface area contributed by atoms with Gasteiger partial charge in [-0.15, -0.1) is 0 Å². The van der Waals surface area contributed by atoms with Crippen LogP contribution in [0.3, 0.4) is 0 Å². The molecule has 0 saturated heterocycles. The van der Waals surface area contributed by atoms with Gasteiger partial charge in [0.05, 0.1) is 6.20 Å². The van der Waals surface area contributed by atoms with Gasteiger partial charge < -0.3 is 5.73 Å². The van der Waals surface area contributed by atoms with Crippen LogP contribution >= 0.6 is 0 Å². The fourth-order valence-electron chi connectivity index (χ4n) is 1.58. The van der Waals surface area contributed by atoms with E-state index in [1.54, 1.807) is 36.3 Å². The van der Waals surface area contributed by atoms with Crippen molar-refractivity contribution in [1.82, 2.24) is 9.78 Å². The Morgan fingerprint density at radius 2 is 2.12 bits per heavy atom. The third-order valence-electron chi connectivity index (χ3n) is 2.33. The Kier molecular flexibility index (Phi) is 2.60. The lowest BCUT2D eigenvalue weighted by Gasteiger charge is -2.07. The van der Waals surface area contributed by atoms with Gasteiger partial charge in [-0.25, -0.2) is 8.78 Å². The number of hydrogen-bond donors (Lipinski definition) is 1. The summed E-state index contributed by atoms with van der Waals surface area (Å²) in [6.45, 7) is 0. The van der Waals surface area contributed by atoms with Crippen molar-refractivity contribution >= 4 is 5.69 Å². The number of rotatable bonds is 2. The number of halogens is 2. The third kappa shape index (κ3) is 1.88. The van der Waals surface area contributed by atoms with Crippen LogP contribution in [0.15, 0.2) is 30.6 Å². The molecule has 3 nitrogen and oxygen atoms in total. The van der Waals surface area contributed by atoms with Crippen LogP contribution in [0.4, 0.5) is 14.5 Å². The molecule has 1 aromatic heterocycles. The maximum Gasteiger partial charge on any atom is 0.264 e. The van der Waals surface area contributed by atoms with Crippen LogP contribution in [0.1, 0.15) is 12.0 Å². The van der Waals surface area contributed by atoms with Gasteiger partial charge in [-0.05, 0) is 17.7 Å². The van der Waals surface area contributed by atoms with Crippen LogP contribution in [0.5, 0.6) is 0 Å². The van der Waals surface area contributed by atoms with Crippen molar-refractivity contribution in [2.45, 2.75) is 6.43 Å². The van der Waals surface area contributed by atoms with E-state index in [-0.39, 0.29) is 5.56 Å². The molecule has 0 amide bonds. The number of alkyl halides is 2. The van der Waals surface area contributed by atoms with Gasteiger partial charge in [0.25, 0.3) is 6.43 Å². The lowest BCUT2D eigenvalue weighted by molar-refractivity contribution is 0.152. The number of aromatic nitrogens is 2. The minimum Gasteiger partial charge on any atom is -0.399 e. The van der Waals surface area contributed by atoms with Crippen LogP contribution in [0.25, 0.3) is 11.1 Å². The largest absolute Gasteiger partial charge is 0.399 e. The van der Waals surface area contributed by atoms with Crippen molar-refractivity contribution in [1.29, 1.82) is 0 Å². The minimum absolute atomic E-state index is 0.0620. The molecule has 0 bridgehead atoms. The molecule has 2 N–H and O–H groups in total. The van der Waals surface area contributed by atoms with Crippen LogP contribution in [0.2, 0.25) is 0 Å². The second kappa shape index (κ2) is 3.92. The van der Waals surface area contributed by atoms with Gasteiger partial charge in [0.1, 0.15) is 0 Å². The van der Waals surface area contributed by atoms with Crippen molar-refractivity contribution in [3.63, 3.8) is 0 Å². The van der Waals surface area contributed by atoms with Crippen molar-refractivity contribution in [3.8, 4) is 11.1 Å². The molecule has 16 heavy (non-hydrogen) atoms. The van der Waals surface area contributed by atoms with Gasteiger partial charge in [0, 0.05) is 30.1 Å². The maximum atomic E-state index is 12.8. The van der Waals surface area contributed by atoms with Crippen molar-refractivity contribution in [3.05, 3.63) is 36.2 Å². The molecule has 0 unspecified atom stereocenters. The Bertz CT molecular complexity index is 506. The van der Waals surface area contributed by atoms with E-state index in [1.165, 1.54) is 6.07 Å². The fourth-order valence-corrected chi connectivity index (χ4v) is 1.58. The molecule has 1 aromatic carbocycles. The summed E-state index contributed by atoms with van der Waals surface area (Å²) in [5, 5.41) is 3.96. The number of hydrogen-bond acceptors (Lipinski definition) is 2. The number of nitrogen functional groups attached to an aromatic ring is 1. The zero-order valence-corrected chi connectivity index (χ0v) is 8.69. The average Bonchev–Trinajstić information content (AvgIpc) is 2.64. The van der Waals surface area contributed by atoms with Crippen LogP contribution < -0.4 is 5.73 Å². The minimum atomic E-state index is -2.54. The first-order chi connectivity index (χ1) is 7.58. The maximum absolute atomic E-state index is 12.8. The lowest BCUT2D eigenvalue weighted by Crippen LogP contribution is -1.93. The van der Waals surface area contributed by atoms with Crippen LogP contribution in [0, 0.1) is 0 Å². The number of aryl methyl sites for hydroxylation is 1. The van der Waals surface area contributed by atoms with Crippen molar-refractivity contribution in [2.24, 2.45) is 7.05 Å². The molecule has 5 heteroatoms. The highest BCUT2D eigenvalue weighted by Crippen LogP contribution is 2.32. The molecule has 0 fully saturated rings. The van der Waals surface area contributed by atoms with E-state index in [4.69, 9.17) is 5.73 Å². The molecule has 2 rings (SSSR count). The smallest absolute Gasteiger partial charge is 0.264 e. The molecule has 1 heterocycles. The molecule has 0 spiro atoms. The van der Waals surface area contributed by atoms with Gasteiger partial charge in [-0.1, -0.05) is 6.07 Å². The van der Waals surface area contributed by atoms with E-state index in [0.29, 0.717) is 16.8 Å². The first kappa shape index (κ1) is 10.6. The second-order valence-corrected chi connectivity index (χ2v) is 3.55. The summed E-state index contributed by atoms with van der Waals surface area (Å²) < 4.78 is 27.2. The summed E-state index contributed by atoms with van der Waals surface area (Å²) in [6.07, 6.45) is 0.702. The number of anilines is 1. The highest BCUT2D eigenvalue weighted by molar-refractivity contribution is 5.69. The van der Waals surface area contributed by atoms with Gasteiger partial charge in [-0.3, -0.25) is 4.68 Å². The van der Waals surface area contributed by atoms with E-state index < -0.39 is 6.43 Å². The molecule has 0 saturated carbocycles. The summed E-state index contributed by atoms with van der Waals surface area (Å²) in [7, 11) is 1.74. The predicted octanol–water partition coefficient (Wildman–Crippen LogP) is 2.61. The number of nitrogens with zero attached hydrogens (tertiary/aromatic N) is 2. The second-order valence-electron chi connectivity index (χ2n) is 3.55. The van der Waals surface area contributed by atoms with E-state index >= 15 is 0 Å². The quantitative estimate of drug-likeness (QED) is 0.795. The SMILES string of the molecule is Cn1cc(-c2ccc(N)cc2C(F)F)cn1. The summed E-state index contributed by atoms with van der Waals surface area (Å²) in [5.74, 6) is 0. The molecule has 0 atom stereocenters. The molecular formula is C11H11F2N3. The van der Waals surface area contributed by atoms with Gasteiger partial charge in [0.15, 0.2) is 0 Å². The molecular weight excluding hydrogens is 212 g/mol. The van der Waals surface area contributed by atoms with E-state index in [0.717, 1.165) is 0 Å². The normalized spacial score (nSPS) is 11.0. The Morgan fingerprint density at radius 1 is 1.38 bits per heavy atom. The third-order valence-corrected chi connectivity index (χ3v) is 2.33. The molecule has 0 aliphatic heterocycles. The van der Waals surface area contributed by atoms with Crippen molar-refractivity contribution < 1.29 is 8.78 Å². The lowest BCUT2D eigenvalue weighted by atomic mass is 10.0. The highest BCUT2D eigenvalue weighted by atomic mass is 19.3. The molecule has 0 aliphatic carbocycles. The Labute approximate surface area is 91.5 Å². The Balaban J connectivity index is 2.56. The molecule has 84 valence electrons. The molecule has 2 aromatic rings. The number of benzene rings is 1. The van der Waals surface area contributed by atoms with Crippen LogP contribution in [-0.4, -0.2) is 9.78 Å². The highest BCUT2D eigenvalue weighted by Gasteiger charge is 2.15. The average molecular weight is 223 g/mol. The van der Waals surface area contributed by atoms with Gasteiger partial charge in [0.2, 0.25) is 0 Å². The fraction of sp³-hybridized carbons (Fsp3) is 0.182. The van der Waals surface area contributed by atoms with E-state index in [1.807, 2.05) is 0 Å². The first-order valence-electron chi connectivity index (χ1n) is 4.74. The zero-order valence-electron chi connectivity index (χ0n) is 8.69. The van der Waals surface area contributed by atoms with Gasteiger partial charge in [-0.2, -0.15) is 5.10 Å². The Hall–Kier alpha value is -1.91. The summed E-state index contributed by atoms with van der Waals surface area (Å²) in [5.41, 5.74) is 6.90. The zero-order chi connectivity index (χ0) is 11.7. The Morgan fingerprint density at radius 3 is 2.69 bits per heavy atom. The van der Waals surface area contributed by atoms with Gasteiger partial charge >= 0.3 is 0 Å². The molecule has 0 radical (unpaired) electrons. The summed E-state index contributed by atoms with van der Waals surface area (Å²) >= 11 is 0. The standard InChI is InChI=1S/C11H11F2N3/c1-16-6-7(5-15-16)9-3-2-8(14)4-10(9)11(12)13/h2-6,11H,14H2,1H3. The van der Waals surface area contributed by atoms with E-state index in [9.17, 15) is 8.78 Å². The van der Waals surface area contributed by atoms with Crippen LogP contribution in [-0.2, 0) is 7.05 Å². The summed E-state index contributed by atoms with van der Waals surface area (Å²) in [4.78, 5) is 0. The number of nitrogens with two attached hydrogens (primary N) is 1. The monoisotopic (exact) mass is 223 g/mol. The predicted molar refractivity (Wildman–Crippen MR) is 58.0 cm³/mol. The summed E-state index contributed by atoms with van der Waals surface area (Å²) in [6, 6.07) is 4.50. The van der Waals surface area contributed by atoms with Crippen molar-refractivity contribution in [2.75, 3.05) is 5.73 Å². The molecule has 0 aliphatic rings. The topological polar surface area (TPSA) is 43.8 Å². The first-order valence-corrected chi connectivity index (χ1v) is 4.74. The van der Waals surface area contributed by atoms with E-state index in [2.05, 4.69) is 5.10 Å².